The average molecular weight is 507 g/mol. The molecule has 2 aliphatic heterocycles. The van der Waals surface area contributed by atoms with Crippen LogP contribution in [-0.2, 0) is 13.0 Å². The summed E-state index contributed by atoms with van der Waals surface area (Å²) in [6.45, 7) is 1.53. The van der Waals surface area contributed by atoms with Crippen molar-refractivity contribution in [1.82, 2.24) is 20.3 Å². The third-order valence-corrected chi connectivity index (χ3v) is 6.68. The van der Waals surface area contributed by atoms with Crippen LogP contribution in [0.2, 0.25) is 5.02 Å². The van der Waals surface area contributed by atoms with E-state index < -0.39 is 12.0 Å². The van der Waals surface area contributed by atoms with E-state index in [9.17, 15) is 13.9 Å². The number of aromatic amines is 1. The lowest BCUT2D eigenvalue weighted by molar-refractivity contribution is 0.266. The molecule has 0 fully saturated rings. The second-order valence-corrected chi connectivity index (χ2v) is 9.06. The van der Waals surface area contributed by atoms with E-state index in [1.165, 1.54) is 30.6 Å². The van der Waals surface area contributed by atoms with Crippen LogP contribution in [0, 0.1) is 11.6 Å². The molecule has 4 heterocycles. The SMILES string of the molecule is OC1Nc2ncnc(Nc3ccc(F)c(Cl)c3)c2/C1=C/c1[nH]c2c(c1-c1ccc(F)cc1)CNCC2. The van der Waals surface area contributed by atoms with E-state index in [4.69, 9.17) is 11.6 Å². The molecule has 0 bridgehead atoms. The van der Waals surface area contributed by atoms with Gasteiger partial charge in [-0.25, -0.2) is 18.7 Å². The first kappa shape index (κ1) is 22.7. The van der Waals surface area contributed by atoms with E-state index >= 15 is 0 Å². The molecule has 2 aliphatic rings. The van der Waals surface area contributed by atoms with Crippen molar-refractivity contribution in [2.45, 2.75) is 19.2 Å². The molecule has 0 aliphatic carbocycles. The van der Waals surface area contributed by atoms with Crippen LogP contribution >= 0.6 is 11.6 Å². The number of hydrogen-bond acceptors (Lipinski definition) is 6. The number of anilines is 3. The fourth-order valence-electron chi connectivity index (χ4n) is 4.73. The molecule has 182 valence electrons. The molecule has 0 spiro atoms. The molecule has 1 atom stereocenters. The van der Waals surface area contributed by atoms with Crippen LogP contribution in [0.5, 0.6) is 0 Å². The van der Waals surface area contributed by atoms with Gasteiger partial charge in [0.15, 0.2) is 6.23 Å². The van der Waals surface area contributed by atoms with Gasteiger partial charge in [0.25, 0.3) is 0 Å². The zero-order valence-corrected chi connectivity index (χ0v) is 19.6. The second kappa shape index (κ2) is 9.02. The molecule has 4 aromatic rings. The number of aliphatic hydroxyl groups excluding tert-OH is 1. The van der Waals surface area contributed by atoms with E-state index in [0.29, 0.717) is 35.0 Å². The summed E-state index contributed by atoms with van der Waals surface area (Å²) in [6.07, 6.45) is 3.03. The van der Waals surface area contributed by atoms with E-state index in [0.717, 1.165) is 41.0 Å². The lowest BCUT2D eigenvalue weighted by atomic mass is 9.96. The summed E-state index contributed by atoms with van der Waals surface area (Å²) in [5, 5.41) is 20.4. The van der Waals surface area contributed by atoms with Gasteiger partial charge in [-0.05, 0) is 47.5 Å². The number of aromatic nitrogens is 3. The summed E-state index contributed by atoms with van der Waals surface area (Å²) in [5.74, 6) is 0.0608. The number of benzene rings is 2. The smallest absolute Gasteiger partial charge is 0.152 e. The van der Waals surface area contributed by atoms with Crippen molar-refractivity contribution >= 4 is 40.6 Å². The molecule has 0 saturated carbocycles. The van der Waals surface area contributed by atoms with E-state index in [1.54, 1.807) is 18.2 Å². The van der Waals surface area contributed by atoms with E-state index in [-0.39, 0.29) is 10.8 Å². The number of halogens is 3. The number of fused-ring (bicyclic) bond motifs is 2. The molecular formula is C26H21ClF2N6O. The van der Waals surface area contributed by atoms with Crippen molar-refractivity contribution in [3.8, 4) is 11.1 Å². The lowest BCUT2D eigenvalue weighted by Gasteiger charge is -2.14. The van der Waals surface area contributed by atoms with Crippen LogP contribution in [0.4, 0.5) is 26.1 Å². The Morgan fingerprint density at radius 3 is 2.72 bits per heavy atom. The summed E-state index contributed by atoms with van der Waals surface area (Å²) >= 11 is 5.95. The van der Waals surface area contributed by atoms with Gasteiger partial charge < -0.3 is 26.0 Å². The maximum Gasteiger partial charge on any atom is 0.152 e. The summed E-state index contributed by atoms with van der Waals surface area (Å²) in [7, 11) is 0. The minimum absolute atomic E-state index is 0.0193. The van der Waals surface area contributed by atoms with E-state index in [2.05, 4.69) is 30.9 Å². The Labute approximate surface area is 210 Å². The van der Waals surface area contributed by atoms with Crippen molar-refractivity contribution in [3.05, 3.63) is 88.0 Å². The molecule has 2 aromatic carbocycles. The number of hydrogen-bond donors (Lipinski definition) is 5. The Balaban J connectivity index is 1.47. The predicted octanol–water partition coefficient (Wildman–Crippen LogP) is 5.08. The van der Waals surface area contributed by atoms with Crippen molar-refractivity contribution in [1.29, 1.82) is 0 Å². The monoisotopic (exact) mass is 506 g/mol. The van der Waals surface area contributed by atoms with Gasteiger partial charge in [0.2, 0.25) is 0 Å². The van der Waals surface area contributed by atoms with Gasteiger partial charge >= 0.3 is 0 Å². The van der Waals surface area contributed by atoms with Crippen LogP contribution < -0.4 is 16.0 Å². The fourth-order valence-corrected chi connectivity index (χ4v) is 4.91. The molecule has 5 N–H and O–H groups in total. The van der Waals surface area contributed by atoms with Crippen molar-refractivity contribution in [2.24, 2.45) is 0 Å². The van der Waals surface area contributed by atoms with Gasteiger partial charge in [0.1, 0.15) is 29.6 Å². The zero-order valence-electron chi connectivity index (χ0n) is 18.9. The molecule has 7 nitrogen and oxygen atoms in total. The molecule has 0 amide bonds. The third-order valence-electron chi connectivity index (χ3n) is 6.39. The van der Waals surface area contributed by atoms with Gasteiger partial charge in [0.05, 0.1) is 10.6 Å². The van der Waals surface area contributed by atoms with Crippen LogP contribution in [0.25, 0.3) is 22.8 Å². The second-order valence-electron chi connectivity index (χ2n) is 8.65. The van der Waals surface area contributed by atoms with Gasteiger partial charge in [-0.2, -0.15) is 0 Å². The largest absolute Gasteiger partial charge is 0.369 e. The van der Waals surface area contributed by atoms with Crippen LogP contribution in [0.3, 0.4) is 0 Å². The lowest BCUT2D eigenvalue weighted by Crippen LogP contribution is -2.23. The predicted molar refractivity (Wildman–Crippen MR) is 136 cm³/mol. The van der Waals surface area contributed by atoms with Crippen LogP contribution in [0.1, 0.15) is 22.5 Å². The summed E-state index contributed by atoms with van der Waals surface area (Å²) < 4.78 is 27.3. The topological polar surface area (TPSA) is 97.9 Å². The Hall–Kier alpha value is -3.79. The number of rotatable bonds is 4. The Morgan fingerprint density at radius 2 is 1.92 bits per heavy atom. The Morgan fingerprint density at radius 1 is 1.08 bits per heavy atom. The van der Waals surface area contributed by atoms with E-state index in [1.807, 2.05) is 6.08 Å². The summed E-state index contributed by atoms with van der Waals surface area (Å²) in [6, 6.07) is 10.7. The average Bonchev–Trinajstić information content (AvgIpc) is 3.39. The molecule has 10 heteroatoms. The summed E-state index contributed by atoms with van der Waals surface area (Å²) in [4.78, 5) is 12.2. The van der Waals surface area contributed by atoms with Crippen molar-refractivity contribution < 1.29 is 13.9 Å². The highest BCUT2D eigenvalue weighted by Crippen LogP contribution is 2.41. The fraction of sp³-hybridized carbons (Fsp3) is 0.154. The molecule has 0 radical (unpaired) electrons. The molecule has 2 aromatic heterocycles. The maximum atomic E-state index is 13.7. The summed E-state index contributed by atoms with van der Waals surface area (Å²) in [5.41, 5.74) is 6.50. The molecule has 1 unspecified atom stereocenters. The standard InChI is InChI=1S/C26H21ClF2N6O/c27-18-9-15(5-6-19(18)29)33-24-23-16(26(36)35-25(23)32-12-31-24)10-21-22(13-1-3-14(28)4-2-13)17-11-30-8-7-20(17)34-21/h1-6,9-10,12,26,30,34,36H,7-8,11H2,(H2,31,32,33,35)/b16-10-. The quantitative estimate of drug-likeness (QED) is 0.265. The van der Waals surface area contributed by atoms with Gasteiger partial charge in [0, 0.05) is 47.7 Å². The first-order valence-electron chi connectivity index (χ1n) is 11.4. The Bertz CT molecular complexity index is 1500. The minimum Gasteiger partial charge on any atom is -0.369 e. The minimum atomic E-state index is -1.03. The number of H-pyrrole nitrogens is 1. The number of aliphatic hydroxyl groups is 1. The van der Waals surface area contributed by atoms with Crippen LogP contribution in [-0.4, -0.2) is 32.8 Å². The first-order chi connectivity index (χ1) is 17.5. The third kappa shape index (κ3) is 4.01. The molecule has 0 saturated heterocycles. The number of nitrogens with one attached hydrogen (secondary N) is 4. The highest BCUT2D eigenvalue weighted by molar-refractivity contribution is 6.31. The van der Waals surface area contributed by atoms with Crippen LogP contribution in [0.15, 0.2) is 48.8 Å². The molecule has 36 heavy (non-hydrogen) atoms. The maximum absolute atomic E-state index is 13.7. The first-order valence-corrected chi connectivity index (χ1v) is 11.8. The van der Waals surface area contributed by atoms with Gasteiger partial charge in [-0.1, -0.05) is 23.7 Å². The highest BCUT2D eigenvalue weighted by atomic mass is 35.5. The molecule has 6 rings (SSSR count). The normalized spacial score (nSPS) is 17.6. The highest BCUT2D eigenvalue weighted by Gasteiger charge is 2.31. The zero-order chi connectivity index (χ0) is 24.8. The Kier molecular flexibility index (Phi) is 5.67. The number of nitrogens with zero attached hydrogens (tertiary/aromatic N) is 2. The molecular weight excluding hydrogens is 486 g/mol. The van der Waals surface area contributed by atoms with Crippen molar-refractivity contribution in [2.75, 3.05) is 17.2 Å². The van der Waals surface area contributed by atoms with Gasteiger partial charge in [-0.15, -0.1) is 0 Å². The van der Waals surface area contributed by atoms with Crippen molar-refractivity contribution in [3.63, 3.8) is 0 Å². The van der Waals surface area contributed by atoms with Gasteiger partial charge in [-0.3, -0.25) is 0 Å².